The van der Waals surface area contributed by atoms with Gasteiger partial charge in [0, 0.05) is 71.8 Å². The standard InChI is InChI=1S/C25H24FN5O3.C18H17ClN4O3.C10H13NO2.C9H7BrClN3O2.C9H8ClN3O2.C8H6ClN3O2.C7H10BNO2.C4H4BrNO2.ClH.Na.H2O/c1-3-34-21(32)13-16-7-4-5-10-19(16)28-25(33)23-20-12-11-15(2)31(20)30-24(29-23)18-9-6-8-17(14-27)22(18)26;1-3-26-15(24)10-12-6-4-5-7-13(12)20-17(25)16-14-9-8-11(2)23(14)22-18(19)21-16;1-2-13-10(12)7-8-5-3-4-6-9(8)11;1-2-16-8(15)7-5-3-4-6(10)14(5)13-9(11)12-7;1-2-15-8(14)7-6-4-3-5-13(6)12-9(10)11-7;1-4-2-3-5-6(7(13)14)10-8(9)11-12(4)5;9-5-6-2-1-3-7(4-6)8(10)11;5-6-3(7)1-2-4(6)8;;;/h4-12H,3,13-14,27H2,1-2H3,(H,28,33);4-9H,3,10H2,1-2H3,(H,20,25);3-6H,2,7,11H2,1H3;3-4H,2H2,1H3;3-5H,2H2,1H3;2-3H,1H3,(H,13,14);1-4,10-11H,5,9H2;1-2H2;1H;;1H2/q;;;;;;;;;+1;/p-1. The molecule has 730 valence electrons. The van der Waals surface area contributed by atoms with Gasteiger partial charge >= 0.3 is 72.5 Å². The van der Waals surface area contributed by atoms with E-state index in [0.29, 0.717) is 111 Å². The number of nitrogens with one attached hydrogen (secondary N) is 2. The van der Waals surface area contributed by atoms with E-state index in [4.69, 9.17) is 102 Å². The van der Waals surface area contributed by atoms with E-state index >= 15 is 0 Å². The van der Waals surface area contributed by atoms with Gasteiger partial charge in [-0.1, -0.05) is 91.0 Å². The number of carboxylic acid groups (broad SMARTS) is 1. The van der Waals surface area contributed by atoms with Crippen LogP contribution < -0.4 is 62.9 Å². The van der Waals surface area contributed by atoms with E-state index in [2.05, 4.69) is 93.1 Å². The Morgan fingerprint density at radius 2 is 0.871 bits per heavy atom. The molecule has 0 radical (unpaired) electrons. The third kappa shape index (κ3) is 31.8. The van der Waals surface area contributed by atoms with Crippen LogP contribution >= 0.6 is 90.9 Å². The number of nitrogen functional groups attached to an aromatic ring is 1. The number of aromatic carboxylic acids is 1. The summed E-state index contributed by atoms with van der Waals surface area (Å²) in [6, 6.07) is 50.4. The van der Waals surface area contributed by atoms with Crippen molar-refractivity contribution in [2.45, 2.75) is 101 Å². The molecule has 11 heterocycles. The first-order valence-electron chi connectivity index (χ1n) is 41.5. The van der Waals surface area contributed by atoms with Crippen molar-refractivity contribution < 1.29 is 126 Å². The van der Waals surface area contributed by atoms with Crippen molar-refractivity contribution in [2.75, 3.05) is 49.4 Å². The van der Waals surface area contributed by atoms with E-state index in [0.717, 1.165) is 32.1 Å². The number of amides is 4. The Balaban J connectivity index is 0.000000254. The predicted octanol–water partition coefficient (Wildman–Crippen LogP) is 9.87. The average Bonchev–Trinajstić information content (AvgIpc) is 1.74. The molecule has 1 saturated heterocycles. The Morgan fingerprint density at radius 1 is 0.471 bits per heavy atom. The van der Waals surface area contributed by atoms with Gasteiger partial charge in [0.15, 0.2) is 34.3 Å². The molecule has 16 rings (SSSR count). The molecular weight excluding hydrogens is 2070 g/mol. The maximum absolute atomic E-state index is 15.0. The molecule has 0 spiro atoms. The van der Waals surface area contributed by atoms with Gasteiger partial charge in [-0.25, -0.2) is 70.2 Å². The second-order valence-corrected chi connectivity index (χ2v) is 31.2. The SMILES string of the molecule is CCOC(=O)Cc1ccccc1N.CCOC(=O)Cc1ccccc1NC(=O)c1nc(-c2cccc(CN)c2F)nn2c(C)ccc12.CCOC(=O)Cc1ccccc1NC(=O)c1nc(Cl)nn2c(C)ccc12.CCOC(=O)c1nc(Cl)nn2c(Br)ccc12.CCOC(=O)c1nc(Cl)nn2cccc12.Cc1ccc2c(C(=O)O)nc(Cl)nn12.Cl.NCc1cccc(B(O)O)c1.O=C1CCC(=O)N1Br.[Na+].[OH-]. The largest absolute Gasteiger partial charge is 1.00 e. The number of aryl methyl sites for hydroxylation is 3. The summed E-state index contributed by atoms with van der Waals surface area (Å²) in [5.41, 5.74) is 27.7. The topological polar surface area (TPSA) is 564 Å². The fraction of sp³-hybridized carbons (Fsp3) is 0.222. The third-order valence-corrected chi connectivity index (χ3v) is 21.0. The van der Waals surface area contributed by atoms with Crippen molar-refractivity contribution >= 4 is 208 Å². The summed E-state index contributed by atoms with van der Waals surface area (Å²) in [6.07, 6.45) is 2.71. The van der Waals surface area contributed by atoms with Crippen LogP contribution in [-0.4, -0.2) is 197 Å². The van der Waals surface area contributed by atoms with E-state index < -0.39 is 48.6 Å². The number of carboxylic acids is 1. The smallest absolute Gasteiger partial charge is 0.870 e. The molecule has 40 nitrogen and oxygen atoms in total. The molecule has 15 aromatic rings. The molecule has 10 aromatic heterocycles. The van der Waals surface area contributed by atoms with E-state index in [1.807, 2.05) is 51.1 Å². The van der Waals surface area contributed by atoms with Crippen LogP contribution in [0.25, 0.3) is 39.0 Å². The maximum atomic E-state index is 15.0. The quantitative estimate of drug-likeness (QED) is 0.00780. The zero-order valence-electron chi connectivity index (χ0n) is 76.2. The number of halogens is 8. The van der Waals surface area contributed by atoms with E-state index in [1.165, 1.54) is 13.5 Å². The molecule has 50 heteroatoms. The van der Waals surface area contributed by atoms with Crippen LogP contribution in [0, 0.1) is 26.6 Å². The number of hydrogen-bond donors (Lipinski definition) is 8. The number of benzene rings is 5. The van der Waals surface area contributed by atoms with Crippen molar-refractivity contribution in [1.29, 1.82) is 0 Å². The van der Waals surface area contributed by atoms with Gasteiger partial charge in [0.05, 0.1) is 102 Å². The Morgan fingerprint density at radius 3 is 1.33 bits per heavy atom. The number of esters is 5. The third-order valence-electron chi connectivity index (χ3n) is 18.9. The zero-order chi connectivity index (χ0) is 99.9. The number of para-hydroxylation sites is 3. The van der Waals surface area contributed by atoms with E-state index in [-0.39, 0.29) is 171 Å². The number of hydrogen-bond acceptors (Lipinski definition) is 31. The molecule has 0 saturated carbocycles. The molecule has 1 fully saturated rings. The monoisotopic (exact) mass is 2160 g/mol. The Labute approximate surface area is 863 Å². The van der Waals surface area contributed by atoms with Crippen molar-refractivity contribution in [1.82, 2.24) is 76.9 Å². The Kier molecular flexibility index (Phi) is 46.6. The van der Waals surface area contributed by atoms with Gasteiger partial charge in [0.2, 0.25) is 32.9 Å². The normalized spacial score (nSPS) is 10.9. The fourth-order valence-electron chi connectivity index (χ4n) is 12.6. The number of anilines is 3. The van der Waals surface area contributed by atoms with Gasteiger partial charge in [0.25, 0.3) is 11.8 Å². The van der Waals surface area contributed by atoms with Gasteiger partial charge < -0.3 is 72.1 Å². The number of rotatable bonds is 22. The van der Waals surface area contributed by atoms with Crippen LogP contribution in [0.4, 0.5) is 21.5 Å². The van der Waals surface area contributed by atoms with Crippen LogP contribution in [0.5, 0.6) is 0 Å². The van der Waals surface area contributed by atoms with Gasteiger partial charge in [-0.3, -0.25) is 33.6 Å². The van der Waals surface area contributed by atoms with E-state index in [9.17, 15) is 52.3 Å². The minimum atomic E-state index is -1.40. The van der Waals surface area contributed by atoms with Crippen molar-refractivity contribution in [3.05, 3.63) is 287 Å². The summed E-state index contributed by atoms with van der Waals surface area (Å²) in [6.45, 7) is 16.2. The summed E-state index contributed by atoms with van der Waals surface area (Å²) in [5.74, 6) is -4.81. The van der Waals surface area contributed by atoms with Crippen LogP contribution in [0.3, 0.4) is 0 Å². The van der Waals surface area contributed by atoms with Crippen LogP contribution in [-0.2, 0) is 80.0 Å². The minimum Gasteiger partial charge on any atom is -0.870 e. The van der Waals surface area contributed by atoms with Gasteiger partial charge in [0.1, 0.15) is 10.4 Å². The second-order valence-electron chi connectivity index (χ2n) is 28.3. The van der Waals surface area contributed by atoms with Crippen molar-refractivity contribution in [3.8, 4) is 11.4 Å². The molecule has 0 atom stereocenters. The molecule has 0 bridgehead atoms. The fourth-order valence-corrected chi connectivity index (χ4v) is 14.0. The van der Waals surface area contributed by atoms with Crippen LogP contribution in [0.1, 0.15) is 145 Å². The number of fused-ring (bicyclic) bond motifs is 5. The molecule has 5 aromatic carbocycles. The Hall–Kier alpha value is -12.9. The maximum Gasteiger partial charge on any atom is 1.00 e. The number of nitrogens with zero attached hydrogens (tertiary/aromatic N) is 16. The number of aromatic nitrogens is 15. The number of carbonyl (C=O) groups is 10. The first kappa shape index (κ1) is 116. The second kappa shape index (κ2) is 56.4. The molecule has 0 aliphatic carbocycles. The van der Waals surface area contributed by atoms with E-state index in [1.54, 1.807) is 195 Å². The number of ether oxygens (including phenoxy) is 5. The van der Waals surface area contributed by atoms with Crippen LogP contribution in [0.2, 0.25) is 21.1 Å². The zero-order valence-corrected chi connectivity index (χ0v) is 85.2. The molecule has 140 heavy (non-hydrogen) atoms. The summed E-state index contributed by atoms with van der Waals surface area (Å²) in [4.78, 5) is 136. The summed E-state index contributed by atoms with van der Waals surface area (Å²) >= 11 is 29.0. The summed E-state index contributed by atoms with van der Waals surface area (Å²) < 4.78 is 48.8. The number of imide groups is 1. The molecule has 12 N–H and O–H groups in total. The van der Waals surface area contributed by atoms with Crippen LogP contribution in [0.15, 0.2) is 187 Å². The first-order chi connectivity index (χ1) is 65.5. The molecule has 1 aliphatic heterocycles. The van der Waals surface area contributed by atoms with Gasteiger partial charge in [-0.15, -0.1) is 37.9 Å². The summed E-state index contributed by atoms with van der Waals surface area (Å²) in [5, 5.41) is 52.2. The minimum absolute atomic E-state index is 0. The van der Waals surface area contributed by atoms with Gasteiger partial charge in [-0.05, 0) is 230 Å². The molecule has 1 aliphatic rings. The first-order valence-corrected chi connectivity index (χ1v) is 44.5. The number of carbonyl (C=O) groups excluding carboxylic acids is 9. The molecule has 0 unspecified atom stereocenters. The number of nitrogens with two attached hydrogens (primary N) is 3. The molecular formula is C90H91BBr2Cl5FN21NaO19. The van der Waals surface area contributed by atoms with Crippen molar-refractivity contribution in [3.63, 3.8) is 0 Å². The van der Waals surface area contributed by atoms with Crippen molar-refractivity contribution in [2.24, 2.45) is 11.5 Å². The summed E-state index contributed by atoms with van der Waals surface area (Å²) in [7, 11) is -1.40. The predicted molar refractivity (Wildman–Crippen MR) is 523 cm³/mol. The van der Waals surface area contributed by atoms with Gasteiger partial charge in [-0.2, -0.15) is 0 Å². The Bertz CT molecular complexity index is 6910. The average molecular weight is 2160 g/mol. The molecule has 4 amide bonds.